The molecular formula is C30H28F6O2. The van der Waals surface area contributed by atoms with E-state index in [0.29, 0.717) is 25.7 Å². The van der Waals surface area contributed by atoms with Crippen LogP contribution in [0.2, 0.25) is 0 Å². The van der Waals surface area contributed by atoms with Gasteiger partial charge in [0.1, 0.15) is 0 Å². The summed E-state index contributed by atoms with van der Waals surface area (Å²) in [4.78, 5) is 0. The Morgan fingerprint density at radius 3 is 1.71 bits per heavy atom. The van der Waals surface area contributed by atoms with E-state index >= 15 is 4.39 Å². The molecule has 1 N–H and O–H groups in total. The van der Waals surface area contributed by atoms with E-state index in [9.17, 15) is 27.1 Å². The lowest BCUT2D eigenvalue weighted by molar-refractivity contribution is 0.192. The number of aliphatic hydroxyl groups excluding tert-OH is 1. The summed E-state index contributed by atoms with van der Waals surface area (Å²) in [5.74, 6) is -7.30. The number of aliphatic hydroxyl groups is 1. The maximum Gasteiger partial charge on any atom is 0.201 e. The van der Waals surface area contributed by atoms with Crippen LogP contribution < -0.4 is 4.74 Å². The van der Waals surface area contributed by atoms with Crippen molar-refractivity contribution in [3.05, 3.63) is 99.1 Å². The number of rotatable bonds is 7. The molecular weight excluding hydrogens is 506 g/mol. The highest BCUT2D eigenvalue weighted by atomic mass is 19.2. The molecule has 1 fully saturated rings. The highest BCUT2D eigenvalue weighted by Crippen LogP contribution is 2.43. The second-order valence-corrected chi connectivity index (χ2v) is 9.52. The van der Waals surface area contributed by atoms with Crippen molar-refractivity contribution in [1.29, 1.82) is 0 Å². The van der Waals surface area contributed by atoms with Crippen molar-refractivity contribution in [3.8, 4) is 5.75 Å². The molecule has 0 aromatic heterocycles. The van der Waals surface area contributed by atoms with E-state index in [-0.39, 0.29) is 52.0 Å². The van der Waals surface area contributed by atoms with Crippen LogP contribution >= 0.6 is 0 Å². The molecule has 3 aromatic carbocycles. The predicted octanol–water partition coefficient (Wildman–Crippen LogP) is 8.59. The van der Waals surface area contributed by atoms with Crippen molar-refractivity contribution < 1.29 is 36.2 Å². The first-order chi connectivity index (χ1) is 18.1. The minimum absolute atomic E-state index is 0.109. The lowest BCUT2D eigenvalue weighted by Crippen LogP contribution is -2.16. The van der Waals surface area contributed by atoms with Gasteiger partial charge in [-0.15, -0.1) is 0 Å². The summed E-state index contributed by atoms with van der Waals surface area (Å²) in [5, 5.41) is 9.59. The molecule has 1 aliphatic rings. The zero-order valence-electron chi connectivity index (χ0n) is 21.0. The first-order valence-electron chi connectivity index (χ1n) is 12.6. The minimum atomic E-state index is -1.16. The third-order valence-corrected chi connectivity index (χ3v) is 7.16. The molecule has 0 aliphatic heterocycles. The molecule has 3 aromatic rings. The van der Waals surface area contributed by atoms with Crippen LogP contribution in [0, 0.1) is 34.9 Å². The fourth-order valence-corrected chi connectivity index (χ4v) is 5.08. The largest absolute Gasteiger partial charge is 0.491 e. The Kier molecular flexibility index (Phi) is 8.51. The van der Waals surface area contributed by atoms with Gasteiger partial charge < -0.3 is 9.84 Å². The van der Waals surface area contributed by atoms with Crippen LogP contribution in [0.1, 0.15) is 85.3 Å². The Labute approximate surface area is 217 Å². The Bertz CT molecular complexity index is 1340. The van der Waals surface area contributed by atoms with Gasteiger partial charge in [-0.25, -0.2) is 22.0 Å². The Balaban J connectivity index is 1.48. The van der Waals surface area contributed by atoms with Crippen molar-refractivity contribution in [2.75, 3.05) is 6.61 Å². The van der Waals surface area contributed by atoms with E-state index in [2.05, 4.69) is 0 Å². The quantitative estimate of drug-likeness (QED) is 0.243. The molecule has 1 unspecified atom stereocenters. The van der Waals surface area contributed by atoms with Gasteiger partial charge in [0.2, 0.25) is 5.82 Å². The second kappa shape index (κ2) is 11.6. The monoisotopic (exact) mass is 534 g/mol. The van der Waals surface area contributed by atoms with Crippen molar-refractivity contribution in [2.45, 2.75) is 57.5 Å². The van der Waals surface area contributed by atoms with Gasteiger partial charge in [-0.1, -0.05) is 36.4 Å². The van der Waals surface area contributed by atoms with Gasteiger partial charge in [-0.05, 0) is 74.6 Å². The summed E-state index contributed by atoms with van der Waals surface area (Å²) >= 11 is 0. The zero-order chi connectivity index (χ0) is 27.6. The van der Waals surface area contributed by atoms with E-state index < -0.39 is 41.0 Å². The van der Waals surface area contributed by atoms with Crippen LogP contribution in [0.3, 0.4) is 0 Å². The summed E-state index contributed by atoms with van der Waals surface area (Å²) in [6, 6.07) is 8.25. The van der Waals surface area contributed by atoms with Crippen molar-refractivity contribution in [3.63, 3.8) is 0 Å². The van der Waals surface area contributed by atoms with Crippen LogP contribution in [0.4, 0.5) is 26.3 Å². The maximum atomic E-state index is 15.0. The number of hydrogen-bond donors (Lipinski definition) is 1. The molecule has 4 rings (SSSR count). The average Bonchev–Trinajstić information content (AvgIpc) is 2.90. The summed E-state index contributed by atoms with van der Waals surface area (Å²) in [6.07, 6.45) is 3.02. The van der Waals surface area contributed by atoms with Crippen LogP contribution in [-0.2, 0) is 0 Å². The lowest BCUT2D eigenvalue weighted by Gasteiger charge is -2.30. The van der Waals surface area contributed by atoms with Gasteiger partial charge in [0, 0.05) is 16.7 Å². The molecule has 1 aliphatic carbocycles. The van der Waals surface area contributed by atoms with Crippen LogP contribution in [0.5, 0.6) is 5.75 Å². The van der Waals surface area contributed by atoms with Crippen molar-refractivity contribution >= 4 is 12.2 Å². The van der Waals surface area contributed by atoms with E-state index in [4.69, 9.17) is 4.74 Å². The first kappa shape index (κ1) is 27.8. The van der Waals surface area contributed by atoms with Gasteiger partial charge in [-0.3, -0.25) is 0 Å². The van der Waals surface area contributed by atoms with Crippen molar-refractivity contribution in [1.82, 2.24) is 0 Å². The van der Waals surface area contributed by atoms with E-state index in [1.54, 1.807) is 6.92 Å². The molecule has 0 amide bonds. The van der Waals surface area contributed by atoms with Gasteiger partial charge in [-0.2, -0.15) is 4.39 Å². The molecule has 0 radical (unpaired) electrons. The molecule has 38 heavy (non-hydrogen) atoms. The van der Waals surface area contributed by atoms with E-state index in [1.165, 1.54) is 49.4 Å². The summed E-state index contributed by atoms with van der Waals surface area (Å²) in [5.41, 5.74) is 0.0349. The molecule has 0 spiro atoms. The Morgan fingerprint density at radius 2 is 1.18 bits per heavy atom. The molecule has 0 bridgehead atoms. The highest BCUT2D eigenvalue weighted by molar-refractivity contribution is 5.70. The number of halogens is 6. The topological polar surface area (TPSA) is 29.5 Å². The summed E-state index contributed by atoms with van der Waals surface area (Å²) in [7, 11) is 0. The van der Waals surface area contributed by atoms with E-state index in [1.807, 2.05) is 0 Å². The summed E-state index contributed by atoms with van der Waals surface area (Å²) in [6.45, 7) is 3.16. The molecule has 8 heteroatoms. The SMILES string of the molecule is CCOc1ccc(/C=C/c2ccc(C3CCC(c4ccc(C(C)O)c(F)c4F)CC3)c(F)c2F)c(F)c1F. The van der Waals surface area contributed by atoms with Gasteiger partial charge in [0.05, 0.1) is 12.7 Å². The second-order valence-electron chi connectivity index (χ2n) is 9.52. The number of hydrogen-bond acceptors (Lipinski definition) is 2. The maximum absolute atomic E-state index is 15.0. The predicted molar refractivity (Wildman–Crippen MR) is 134 cm³/mol. The van der Waals surface area contributed by atoms with Gasteiger partial charge in [0.25, 0.3) is 0 Å². The molecule has 202 valence electrons. The summed E-state index contributed by atoms with van der Waals surface area (Å²) < 4.78 is 92.3. The third kappa shape index (κ3) is 5.46. The van der Waals surface area contributed by atoms with E-state index in [0.717, 1.165) is 6.08 Å². The van der Waals surface area contributed by atoms with Crippen LogP contribution in [0.15, 0.2) is 36.4 Å². The normalized spacial score (nSPS) is 18.7. The highest BCUT2D eigenvalue weighted by Gasteiger charge is 2.29. The van der Waals surface area contributed by atoms with Crippen LogP contribution in [-0.4, -0.2) is 11.7 Å². The fraction of sp³-hybridized carbons (Fsp3) is 0.333. The fourth-order valence-electron chi connectivity index (χ4n) is 5.08. The molecule has 0 saturated heterocycles. The standard InChI is InChI=1S/C30H28F6O2/c1-3-38-24-15-11-20(26(32)30(24)36)9-8-19-10-12-22(28(34)25(19)31)17-4-6-18(7-5-17)23-14-13-21(16(2)37)27(33)29(23)35/h8-18,37H,3-7H2,1-2H3/b9-8+. The molecule has 1 atom stereocenters. The lowest BCUT2D eigenvalue weighted by atomic mass is 9.75. The zero-order valence-corrected chi connectivity index (χ0v) is 21.0. The molecule has 2 nitrogen and oxygen atoms in total. The van der Waals surface area contributed by atoms with Crippen molar-refractivity contribution in [2.24, 2.45) is 0 Å². The van der Waals surface area contributed by atoms with Crippen LogP contribution in [0.25, 0.3) is 12.2 Å². The Morgan fingerprint density at radius 1 is 0.711 bits per heavy atom. The minimum Gasteiger partial charge on any atom is -0.491 e. The van der Waals surface area contributed by atoms with Gasteiger partial charge in [0.15, 0.2) is 34.8 Å². The third-order valence-electron chi connectivity index (χ3n) is 7.16. The molecule has 1 saturated carbocycles. The first-order valence-corrected chi connectivity index (χ1v) is 12.6. The molecule has 0 heterocycles. The smallest absolute Gasteiger partial charge is 0.201 e. The van der Waals surface area contributed by atoms with Gasteiger partial charge >= 0.3 is 0 Å². The average molecular weight is 535 g/mol. The Hall–Kier alpha value is -3.26. The number of benzene rings is 3. The number of ether oxygens (including phenoxy) is 1.